The quantitative estimate of drug-likeness (QED) is 0.307. The summed E-state index contributed by atoms with van der Waals surface area (Å²) in [4.78, 5) is 20.5. The molecule has 1 fully saturated rings. The van der Waals surface area contributed by atoms with E-state index in [9.17, 15) is 13.2 Å². The maximum absolute atomic E-state index is 13.8. The molecule has 0 N–H and O–H groups in total. The average molecular weight is 544 g/mol. The molecule has 1 saturated heterocycles. The van der Waals surface area contributed by atoms with Crippen LogP contribution in [0.5, 0.6) is 0 Å². The molecule has 2 aromatic heterocycles. The van der Waals surface area contributed by atoms with Gasteiger partial charge in [-0.15, -0.1) is 0 Å². The zero-order valence-corrected chi connectivity index (χ0v) is 22.4. The minimum atomic E-state index is -3.60. The van der Waals surface area contributed by atoms with Crippen LogP contribution < -0.4 is 4.90 Å². The van der Waals surface area contributed by atoms with E-state index in [1.807, 2.05) is 32.0 Å². The first kappa shape index (κ1) is 25.0. The SMILES string of the molecule is Cc1ccc(S(=O)(=O)N2CCC(C(=O)N(Cc3ccco3)c3nc4c(C)cc(Cl)cc4s3)CC2)cc1. The molecule has 7 nitrogen and oxygen atoms in total. The number of aromatic nitrogens is 1. The maximum Gasteiger partial charge on any atom is 0.243 e. The molecule has 4 aromatic rings. The van der Waals surface area contributed by atoms with Crippen LogP contribution in [0.4, 0.5) is 5.13 Å². The molecule has 10 heteroatoms. The van der Waals surface area contributed by atoms with Crippen LogP contribution >= 0.6 is 22.9 Å². The van der Waals surface area contributed by atoms with Gasteiger partial charge in [-0.25, -0.2) is 13.4 Å². The Morgan fingerprint density at radius 1 is 1.17 bits per heavy atom. The fraction of sp³-hybridized carbons (Fsp3) is 0.308. The average Bonchev–Trinajstić information content (AvgIpc) is 3.52. The molecule has 0 radical (unpaired) electrons. The number of benzene rings is 2. The van der Waals surface area contributed by atoms with Crippen LogP contribution in [0, 0.1) is 19.8 Å². The van der Waals surface area contributed by atoms with Crippen LogP contribution in [0.25, 0.3) is 10.2 Å². The topological polar surface area (TPSA) is 83.7 Å². The van der Waals surface area contributed by atoms with E-state index in [0.717, 1.165) is 21.3 Å². The van der Waals surface area contributed by atoms with Gasteiger partial charge < -0.3 is 4.42 Å². The lowest BCUT2D eigenvalue weighted by Gasteiger charge is -2.32. The molecular weight excluding hydrogens is 518 g/mol. The van der Waals surface area contributed by atoms with E-state index in [4.69, 9.17) is 21.0 Å². The van der Waals surface area contributed by atoms with Crippen molar-refractivity contribution in [3.8, 4) is 0 Å². The smallest absolute Gasteiger partial charge is 0.243 e. The number of rotatable bonds is 6. The fourth-order valence-corrected chi connectivity index (χ4v) is 7.37. The van der Waals surface area contributed by atoms with E-state index in [1.54, 1.807) is 41.5 Å². The third-order valence-electron chi connectivity index (χ3n) is 6.49. The molecule has 0 unspecified atom stereocenters. The van der Waals surface area contributed by atoms with Crippen molar-refractivity contribution >= 4 is 54.2 Å². The molecule has 1 aliphatic rings. The zero-order chi connectivity index (χ0) is 25.4. The van der Waals surface area contributed by atoms with Gasteiger partial charge in [0.25, 0.3) is 0 Å². The molecular formula is C26H26ClN3O4S2. The Bertz CT molecular complexity index is 1490. The summed E-state index contributed by atoms with van der Waals surface area (Å²) in [5, 5.41) is 1.20. The second-order valence-electron chi connectivity index (χ2n) is 9.06. The highest BCUT2D eigenvalue weighted by Crippen LogP contribution is 2.35. The summed E-state index contributed by atoms with van der Waals surface area (Å²) in [6.45, 7) is 4.69. The van der Waals surface area contributed by atoms with Crippen LogP contribution in [0.2, 0.25) is 5.02 Å². The first-order valence-corrected chi connectivity index (χ1v) is 14.3. The summed E-state index contributed by atoms with van der Waals surface area (Å²) in [5.74, 6) is 0.250. The molecule has 1 amide bonds. The number of carbonyl (C=O) groups excluding carboxylic acids is 1. The van der Waals surface area contributed by atoms with Crippen LogP contribution in [0.15, 0.2) is 64.1 Å². The van der Waals surface area contributed by atoms with Gasteiger partial charge >= 0.3 is 0 Å². The molecule has 5 rings (SSSR count). The number of furan rings is 1. The van der Waals surface area contributed by atoms with E-state index < -0.39 is 10.0 Å². The van der Waals surface area contributed by atoms with Crippen molar-refractivity contribution in [1.29, 1.82) is 0 Å². The lowest BCUT2D eigenvalue weighted by atomic mass is 9.96. The van der Waals surface area contributed by atoms with Gasteiger partial charge in [0.1, 0.15) is 5.76 Å². The molecule has 36 heavy (non-hydrogen) atoms. The number of fused-ring (bicyclic) bond motifs is 1. The Hall–Kier alpha value is -2.72. The Morgan fingerprint density at radius 2 is 1.89 bits per heavy atom. The van der Waals surface area contributed by atoms with Gasteiger partial charge in [0.15, 0.2) is 5.13 Å². The lowest BCUT2D eigenvalue weighted by molar-refractivity contribution is -0.123. The fourth-order valence-electron chi connectivity index (χ4n) is 4.48. The molecule has 1 aliphatic heterocycles. The number of aryl methyl sites for hydroxylation is 2. The highest BCUT2D eigenvalue weighted by Gasteiger charge is 2.35. The first-order valence-electron chi connectivity index (χ1n) is 11.7. The number of carbonyl (C=O) groups is 1. The standard InChI is InChI=1S/C26H26ClN3O4S2/c1-17-5-7-22(8-6-17)36(32,33)29-11-9-19(10-12-29)25(31)30(16-21-4-3-13-34-21)26-28-24-18(2)14-20(27)15-23(24)35-26/h3-8,13-15,19H,9-12,16H2,1-2H3. The van der Waals surface area contributed by atoms with Crippen molar-refractivity contribution < 1.29 is 17.6 Å². The van der Waals surface area contributed by atoms with Gasteiger partial charge in [0.05, 0.1) is 27.9 Å². The van der Waals surface area contributed by atoms with Gasteiger partial charge in [0, 0.05) is 24.0 Å². The minimum Gasteiger partial charge on any atom is -0.467 e. The Balaban J connectivity index is 1.37. The number of sulfonamides is 1. The largest absolute Gasteiger partial charge is 0.467 e. The van der Waals surface area contributed by atoms with Crippen LogP contribution in [-0.4, -0.2) is 36.7 Å². The molecule has 0 saturated carbocycles. The number of nitrogens with zero attached hydrogens (tertiary/aromatic N) is 3. The number of hydrogen-bond donors (Lipinski definition) is 0. The molecule has 2 aromatic carbocycles. The highest BCUT2D eigenvalue weighted by molar-refractivity contribution is 7.89. The lowest BCUT2D eigenvalue weighted by Crippen LogP contribution is -2.44. The summed E-state index contributed by atoms with van der Waals surface area (Å²) < 4.78 is 34.1. The van der Waals surface area contributed by atoms with Crippen molar-refractivity contribution in [2.24, 2.45) is 5.92 Å². The van der Waals surface area contributed by atoms with Gasteiger partial charge in [0.2, 0.25) is 15.9 Å². The van der Waals surface area contributed by atoms with Gasteiger partial charge in [-0.3, -0.25) is 9.69 Å². The van der Waals surface area contributed by atoms with Crippen molar-refractivity contribution in [1.82, 2.24) is 9.29 Å². The molecule has 3 heterocycles. The molecule has 0 bridgehead atoms. The van der Waals surface area contributed by atoms with E-state index >= 15 is 0 Å². The Labute approximate surface area is 219 Å². The van der Waals surface area contributed by atoms with Crippen molar-refractivity contribution in [3.63, 3.8) is 0 Å². The third kappa shape index (κ3) is 4.93. The molecule has 0 atom stereocenters. The van der Waals surface area contributed by atoms with Crippen LogP contribution in [-0.2, 0) is 21.4 Å². The summed E-state index contributed by atoms with van der Waals surface area (Å²) in [6.07, 6.45) is 2.46. The predicted octanol–water partition coefficient (Wildman–Crippen LogP) is 5.79. The van der Waals surface area contributed by atoms with Gasteiger partial charge in [-0.2, -0.15) is 4.31 Å². The first-order chi connectivity index (χ1) is 17.2. The van der Waals surface area contributed by atoms with Crippen molar-refractivity contribution in [3.05, 3.63) is 76.7 Å². The maximum atomic E-state index is 13.8. The molecule has 0 aliphatic carbocycles. The summed E-state index contributed by atoms with van der Waals surface area (Å²) in [5.41, 5.74) is 2.76. The van der Waals surface area contributed by atoms with E-state index in [0.29, 0.717) is 28.8 Å². The molecule has 0 spiro atoms. The predicted molar refractivity (Wildman–Crippen MR) is 142 cm³/mol. The number of amides is 1. The number of anilines is 1. The number of halogens is 1. The Kier molecular flexibility index (Phi) is 6.91. The summed E-state index contributed by atoms with van der Waals surface area (Å²) in [7, 11) is -3.60. The van der Waals surface area contributed by atoms with Gasteiger partial charge in [-0.05, 0) is 68.7 Å². The summed E-state index contributed by atoms with van der Waals surface area (Å²) >= 11 is 7.66. The van der Waals surface area contributed by atoms with Crippen LogP contribution in [0.1, 0.15) is 29.7 Å². The van der Waals surface area contributed by atoms with Crippen molar-refractivity contribution in [2.45, 2.75) is 38.1 Å². The van der Waals surface area contributed by atoms with E-state index in [-0.39, 0.29) is 36.4 Å². The second kappa shape index (κ2) is 9.97. The number of thiazole rings is 1. The van der Waals surface area contributed by atoms with Gasteiger partial charge in [-0.1, -0.05) is 40.6 Å². The Morgan fingerprint density at radius 3 is 2.56 bits per heavy atom. The number of hydrogen-bond acceptors (Lipinski definition) is 6. The third-order valence-corrected chi connectivity index (χ3v) is 9.65. The van der Waals surface area contributed by atoms with E-state index in [2.05, 4.69) is 0 Å². The highest BCUT2D eigenvalue weighted by atomic mass is 35.5. The van der Waals surface area contributed by atoms with Crippen molar-refractivity contribution in [2.75, 3.05) is 18.0 Å². The zero-order valence-electron chi connectivity index (χ0n) is 20.0. The molecule has 188 valence electrons. The second-order valence-corrected chi connectivity index (χ2v) is 12.4. The summed E-state index contributed by atoms with van der Waals surface area (Å²) in [6, 6.07) is 14.2. The number of piperidine rings is 1. The van der Waals surface area contributed by atoms with Crippen LogP contribution in [0.3, 0.4) is 0 Å². The van der Waals surface area contributed by atoms with E-state index in [1.165, 1.54) is 15.6 Å². The normalized spacial score (nSPS) is 15.4. The monoisotopic (exact) mass is 543 g/mol. The minimum absolute atomic E-state index is 0.0819.